The summed E-state index contributed by atoms with van der Waals surface area (Å²) < 4.78 is 1.62. The summed E-state index contributed by atoms with van der Waals surface area (Å²) in [5.74, 6) is -1.41. The zero-order valence-corrected chi connectivity index (χ0v) is 16.0. The van der Waals surface area contributed by atoms with Gasteiger partial charge in [-0.25, -0.2) is 14.3 Å². The highest BCUT2D eigenvalue weighted by Gasteiger charge is 2.36. The van der Waals surface area contributed by atoms with E-state index in [0.29, 0.717) is 11.2 Å². The molecule has 7 nitrogen and oxygen atoms in total. The van der Waals surface area contributed by atoms with Crippen LogP contribution in [0.5, 0.6) is 0 Å². The number of hydrogen-bond acceptors (Lipinski definition) is 4. The van der Waals surface area contributed by atoms with Gasteiger partial charge in [0.1, 0.15) is 11.6 Å². The number of aromatic nitrogens is 3. The van der Waals surface area contributed by atoms with E-state index in [9.17, 15) is 14.7 Å². The van der Waals surface area contributed by atoms with Gasteiger partial charge < -0.3 is 10.0 Å². The van der Waals surface area contributed by atoms with Crippen LogP contribution in [0.1, 0.15) is 21.5 Å². The van der Waals surface area contributed by atoms with Crippen molar-refractivity contribution in [3.63, 3.8) is 0 Å². The molecule has 7 heteroatoms. The second-order valence-electron chi connectivity index (χ2n) is 7.25. The van der Waals surface area contributed by atoms with Gasteiger partial charge in [-0.2, -0.15) is 5.10 Å². The molecular weight excluding hydrogens is 380 g/mol. The first kappa shape index (κ1) is 18.1. The van der Waals surface area contributed by atoms with Crippen LogP contribution in [-0.4, -0.2) is 42.5 Å². The third-order valence-electron chi connectivity index (χ3n) is 5.50. The fraction of sp³-hybridized carbons (Fsp3) is 0.130. The molecule has 30 heavy (non-hydrogen) atoms. The number of carbonyl (C=O) groups excluding carboxylic acids is 1. The first-order chi connectivity index (χ1) is 14.6. The second-order valence-corrected chi connectivity index (χ2v) is 7.25. The minimum Gasteiger partial charge on any atom is -0.480 e. The molecule has 1 amide bonds. The monoisotopic (exact) mass is 398 g/mol. The molecule has 148 valence electrons. The van der Waals surface area contributed by atoms with Crippen molar-refractivity contribution in [1.29, 1.82) is 0 Å². The number of carboxylic acid groups (broad SMARTS) is 1. The van der Waals surface area contributed by atoms with Gasteiger partial charge in [0.25, 0.3) is 5.91 Å². The highest BCUT2D eigenvalue weighted by Crippen LogP contribution is 2.27. The Morgan fingerprint density at radius 2 is 1.70 bits per heavy atom. The fourth-order valence-electron chi connectivity index (χ4n) is 3.98. The molecular formula is C23H18N4O3. The zero-order chi connectivity index (χ0) is 20.7. The number of rotatable bonds is 3. The molecule has 2 aromatic carbocycles. The van der Waals surface area contributed by atoms with Crippen LogP contribution in [0.15, 0.2) is 73.1 Å². The van der Waals surface area contributed by atoms with Crippen molar-refractivity contribution in [1.82, 2.24) is 19.5 Å². The molecule has 2 aromatic heterocycles. The lowest BCUT2D eigenvalue weighted by atomic mass is 9.93. The number of benzene rings is 2. The SMILES string of the molecule is O=C(O)C1Cc2ccccc2CN1C(=O)c1cnn2c(-c3ccccc3)ccnc12. The van der Waals surface area contributed by atoms with Crippen LogP contribution in [0, 0.1) is 0 Å². The highest BCUT2D eigenvalue weighted by atomic mass is 16.4. The Bertz CT molecular complexity index is 1270. The number of nitrogens with zero attached hydrogens (tertiary/aromatic N) is 4. The van der Waals surface area contributed by atoms with Crippen LogP contribution in [-0.2, 0) is 17.8 Å². The van der Waals surface area contributed by atoms with Gasteiger partial charge >= 0.3 is 5.97 Å². The smallest absolute Gasteiger partial charge is 0.326 e. The van der Waals surface area contributed by atoms with Crippen LogP contribution < -0.4 is 0 Å². The Balaban J connectivity index is 1.57. The lowest BCUT2D eigenvalue weighted by Crippen LogP contribution is -2.48. The predicted molar refractivity (Wildman–Crippen MR) is 110 cm³/mol. The van der Waals surface area contributed by atoms with E-state index in [0.717, 1.165) is 22.4 Å². The summed E-state index contributed by atoms with van der Waals surface area (Å²) in [7, 11) is 0. The minimum atomic E-state index is -1.02. The zero-order valence-electron chi connectivity index (χ0n) is 16.0. The van der Waals surface area contributed by atoms with Crippen molar-refractivity contribution < 1.29 is 14.7 Å². The summed E-state index contributed by atoms with van der Waals surface area (Å²) >= 11 is 0. The van der Waals surface area contributed by atoms with Gasteiger partial charge in [0, 0.05) is 24.7 Å². The molecule has 5 rings (SSSR count). The molecule has 0 saturated carbocycles. The van der Waals surface area contributed by atoms with Gasteiger partial charge in [-0.15, -0.1) is 0 Å². The van der Waals surface area contributed by atoms with E-state index < -0.39 is 12.0 Å². The summed E-state index contributed by atoms with van der Waals surface area (Å²) in [6, 6.07) is 18.2. The number of hydrogen-bond donors (Lipinski definition) is 1. The normalized spacial score (nSPS) is 15.7. The first-order valence-corrected chi connectivity index (χ1v) is 9.62. The quantitative estimate of drug-likeness (QED) is 0.573. The van der Waals surface area contributed by atoms with Gasteiger partial charge in [0.05, 0.1) is 11.9 Å². The van der Waals surface area contributed by atoms with E-state index in [1.54, 1.807) is 10.7 Å². The van der Waals surface area contributed by atoms with Crippen molar-refractivity contribution >= 4 is 17.5 Å². The molecule has 3 heterocycles. The Morgan fingerprint density at radius 1 is 0.967 bits per heavy atom. The second kappa shape index (κ2) is 7.11. The van der Waals surface area contributed by atoms with Crippen LogP contribution in [0.25, 0.3) is 16.9 Å². The van der Waals surface area contributed by atoms with Crippen LogP contribution in [0.3, 0.4) is 0 Å². The summed E-state index contributed by atoms with van der Waals surface area (Å²) in [5.41, 5.74) is 4.36. The maximum Gasteiger partial charge on any atom is 0.326 e. The molecule has 0 spiro atoms. The Kier molecular flexibility index (Phi) is 4.28. The van der Waals surface area contributed by atoms with Gasteiger partial charge in [-0.1, -0.05) is 54.6 Å². The average Bonchev–Trinajstić information content (AvgIpc) is 3.22. The van der Waals surface area contributed by atoms with E-state index in [1.807, 2.05) is 60.7 Å². The lowest BCUT2D eigenvalue weighted by Gasteiger charge is -2.34. The van der Waals surface area contributed by atoms with E-state index in [2.05, 4.69) is 10.1 Å². The van der Waals surface area contributed by atoms with Crippen molar-refractivity contribution in [2.45, 2.75) is 19.0 Å². The summed E-state index contributed by atoms with van der Waals surface area (Å²) in [6.45, 7) is 0.238. The van der Waals surface area contributed by atoms with Crippen LogP contribution in [0.2, 0.25) is 0 Å². The number of fused-ring (bicyclic) bond motifs is 2. The molecule has 0 aliphatic carbocycles. The van der Waals surface area contributed by atoms with E-state index in [1.165, 1.54) is 11.1 Å². The number of amides is 1. The van der Waals surface area contributed by atoms with Crippen molar-refractivity contribution in [3.8, 4) is 11.3 Å². The minimum absolute atomic E-state index is 0.238. The molecule has 0 bridgehead atoms. The van der Waals surface area contributed by atoms with E-state index >= 15 is 0 Å². The predicted octanol–water partition coefficient (Wildman–Crippen LogP) is 3.05. The molecule has 0 saturated heterocycles. The van der Waals surface area contributed by atoms with Gasteiger partial charge in [-0.05, 0) is 17.2 Å². The van der Waals surface area contributed by atoms with Crippen LogP contribution >= 0.6 is 0 Å². The number of carbonyl (C=O) groups is 2. The van der Waals surface area contributed by atoms with Crippen LogP contribution in [0.4, 0.5) is 0 Å². The molecule has 1 aliphatic rings. The molecule has 1 unspecified atom stereocenters. The number of carboxylic acids is 1. The van der Waals surface area contributed by atoms with Crippen molar-refractivity contribution in [2.75, 3.05) is 0 Å². The topological polar surface area (TPSA) is 87.8 Å². The van der Waals surface area contributed by atoms with Gasteiger partial charge in [0.2, 0.25) is 0 Å². The molecule has 1 atom stereocenters. The molecule has 1 aliphatic heterocycles. The third kappa shape index (κ3) is 2.91. The molecule has 4 aromatic rings. The fourth-order valence-corrected chi connectivity index (χ4v) is 3.98. The average molecular weight is 398 g/mol. The maximum atomic E-state index is 13.4. The Morgan fingerprint density at radius 3 is 2.47 bits per heavy atom. The summed E-state index contributed by atoms with van der Waals surface area (Å²) in [4.78, 5) is 31.1. The number of aliphatic carboxylic acids is 1. The third-order valence-corrected chi connectivity index (χ3v) is 5.50. The Labute approximate surface area is 172 Å². The maximum absolute atomic E-state index is 13.4. The molecule has 1 N–H and O–H groups in total. The Hall–Kier alpha value is -4.00. The van der Waals surface area contributed by atoms with Crippen molar-refractivity contribution in [2.24, 2.45) is 0 Å². The first-order valence-electron chi connectivity index (χ1n) is 9.62. The largest absolute Gasteiger partial charge is 0.480 e. The van der Waals surface area contributed by atoms with Gasteiger partial charge in [0.15, 0.2) is 5.65 Å². The van der Waals surface area contributed by atoms with E-state index in [-0.39, 0.29) is 18.9 Å². The molecule has 0 radical (unpaired) electrons. The highest BCUT2D eigenvalue weighted by molar-refractivity contribution is 6.01. The molecule has 0 fully saturated rings. The summed E-state index contributed by atoms with van der Waals surface area (Å²) in [6.07, 6.45) is 3.38. The van der Waals surface area contributed by atoms with Gasteiger partial charge in [-0.3, -0.25) is 4.79 Å². The summed E-state index contributed by atoms with van der Waals surface area (Å²) in [5, 5.41) is 14.1. The van der Waals surface area contributed by atoms with E-state index in [4.69, 9.17) is 0 Å². The van der Waals surface area contributed by atoms with Crippen molar-refractivity contribution in [3.05, 3.63) is 89.7 Å². The lowest BCUT2D eigenvalue weighted by molar-refractivity contribution is -0.142. The standard InChI is InChI=1S/C23H18N4O3/c28-22(26-14-17-9-5-4-8-16(17)12-20(26)23(29)30)18-13-25-27-19(10-11-24-21(18)27)15-6-2-1-3-7-15/h1-11,13,20H,12,14H2,(H,29,30).